The second kappa shape index (κ2) is 6.74. The number of hydrogen-bond donors (Lipinski definition) is 1. The SMILES string of the molecule is CCOCC(C)Oc1ccc(CN)c(Cl)c1. The maximum Gasteiger partial charge on any atom is 0.121 e. The molecule has 0 bridgehead atoms. The third kappa shape index (κ3) is 4.00. The van der Waals surface area contributed by atoms with Gasteiger partial charge in [-0.15, -0.1) is 0 Å². The zero-order chi connectivity index (χ0) is 12.0. The van der Waals surface area contributed by atoms with Gasteiger partial charge in [-0.05, 0) is 31.5 Å². The van der Waals surface area contributed by atoms with Gasteiger partial charge in [-0.25, -0.2) is 0 Å². The van der Waals surface area contributed by atoms with E-state index in [-0.39, 0.29) is 6.10 Å². The number of rotatable bonds is 6. The van der Waals surface area contributed by atoms with Crippen molar-refractivity contribution in [3.8, 4) is 5.75 Å². The van der Waals surface area contributed by atoms with Crippen molar-refractivity contribution in [2.75, 3.05) is 13.2 Å². The lowest BCUT2D eigenvalue weighted by Gasteiger charge is -2.15. The van der Waals surface area contributed by atoms with E-state index in [9.17, 15) is 0 Å². The Bertz CT molecular complexity index is 331. The number of hydrogen-bond acceptors (Lipinski definition) is 3. The fourth-order valence-corrected chi connectivity index (χ4v) is 1.56. The van der Waals surface area contributed by atoms with Crippen molar-refractivity contribution < 1.29 is 9.47 Å². The minimum atomic E-state index is 0.0137. The van der Waals surface area contributed by atoms with Crippen molar-refractivity contribution in [1.29, 1.82) is 0 Å². The first-order valence-electron chi connectivity index (χ1n) is 5.40. The Kier molecular flexibility index (Phi) is 5.60. The lowest BCUT2D eigenvalue weighted by molar-refractivity contribution is 0.0657. The molecule has 0 amide bonds. The highest BCUT2D eigenvalue weighted by Gasteiger charge is 2.06. The van der Waals surface area contributed by atoms with Crippen molar-refractivity contribution in [3.05, 3.63) is 28.8 Å². The van der Waals surface area contributed by atoms with Crippen LogP contribution in [0.2, 0.25) is 5.02 Å². The van der Waals surface area contributed by atoms with Crippen LogP contribution in [0.15, 0.2) is 18.2 Å². The fourth-order valence-electron chi connectivity index (χ4n) is 1.32. The Morgan fingerprint density at radius 2 is 2.19 bits per heavy atom. The lowest BCUT2D eigenvalue weighted by Crippen LogP contribution is -2.19. The molecule has 0 saturated carbocycles. The Balaban J connectivity index is 2.57. The van der Waals surface area contributed by atoms with Gasteiger partial charge >= 0.3 is 0 Å². The first kappa shape index (κ1) is 13.3. The molecule has 0 heterocycles. The van der Waals surface area contributed by atoms with Gasteiger partial charge < -0.3 is 15.2 Å². The molecule has 0 aliphatic heterocycles. The van der Waals surface area contributed by atoms with E-state index >= 15 is 0 Å². The van der Waals surface area contributed by atoms with Crippen LogP contribution in [-0.4, -0.2) is 19.3 Å². The average Bonchev–Trinajstić information content (AvgIpc) is 2.26. The van der Waals surface area contributed by atoms with Crippen LogP contribution in [0.3, 0.4) is 0 Å². The van der Waals surface area contributed by atoms with Gasteiger partial charge in [0.25, 0.3) is 0 Å². The van der Waals surface area contributed by atoms with E-state index < -0.39 is 0 Å². The van der Waals surface area contributed by atoms with Gasteiger partial charge in [0.2, 0.25) is 0 Å². The molecule has 0 saturated heterocycles. The standard InChI is InChI=1S/C12H18ClNO2/c1-3-15-8-9(2)16-11-5-4-10(7-14)12(13)6-11/h4-6,9H,3,7-8,14H2,1-2H3. The number of nitrogens with two attached hydrogens (primary N) is 1. The van der Waals surface area contributed by atoms with Gasteiger partial charge in [0.1, 0.15) is 11.9 Å². The number of benzene rings is 1. The molecular formula is C12H18ClNO2. The van der Waals surface area contributed by atoms with Gasteiger partial charge in [-0.2, -0.15) is 0 Å². The molecule has 0 radical (unpaired) electrons. The molecule has 0 spiro atoms. The van der Waals surface area contributed by atoms with Gasteiger partial charge in [0, 0.05) is 18.2 Å². The van der Waals surface area contributed by atoms with E-state index in [0.717, 1.165) is 11.3 Å². The zero-order valence-electron chi connectivity index (χ0n) is 9.70. The highest BCUT2D eigenvalue weighted by atomic mass is 35.5. The quantitative estimate of drug-likeness (QED) is 0.835. The number of ether oxygens (including phenoxy) is 2. The van der Waals surface area contributed by atoms with Crippen LogP contribution in [0, 0.1) is 0 Å². The molecule has 0 aliphatic rings. The molecule has 4 heteroatoms. The average molecular weight is 244 g/mol. The lowest BCUT2D eigenvalue weighted by atomic mass is 10.2. The molecule has 1 aromatic carbocycles. The highest BCUT2D eigenvalue weighted by molar-refractivity contribution is 6.31. The van der Waals surface area contributed by atoms with Gasteiger partial charge in [0.15, 0.2) is 0 Å². The summed E-state index contributed by atoms with van der Waals surface area (Å²) in [5.41, 5.74) is 6.45. The van der Waals surface area contributed by atoms with E-state index in [4.69, 9.17) is 26.8 Å². The van der Waals surface area contributed by atoms with Crippen molar-refractivity contribution in [3.63, 3.8) is 0 Å². The predicted molar refractivity (Wildman–Crippen MR) is 65.9 cm³/mol. The number of halogens is 1. The Labute approximate surface area is 101 Å². The van der Waals surface area contributed by atoms with E-state index in [1.807, 2.05) is 26.0 Å². The maximum atomic E-state index is 6.03. The minimum Gasteiger partial charge on any atom is -0.488 e. The molecule has 0 aliphatic carbocycles. The van der Waals surface area contributed by atoms with Crippen LogP contribution in [0.1, 0.15) is 19.4 Å². The largest absolute Gasteiger partial charge is 0.488 e. The van der Waals surface area contributed by atoms with Gasteiger partial charge in [0.05, 0.1) is 6.61 Å². The molecule has 0 aromatic heterocycles. The molecule has 16 heavy (non-hydrogen) atoms. The summed E-state index contributed by atoms with van der Waals surface area (Å²) in [7, 11) is 0. The summed E-state index contributed by atoms with van der Waals surface area (Å²) in [5, 5.41) is 0.642. The minimum absolute atomic E-state index is 0.0137. The summed E-state index contributed by atoms with van der Waals surface area (Å²) in [6.45, 7) is 5.63. The summed E-state index contributed by atoms with van der Waals surface area (Å²) < 4.78 is 10.9. The highest BCUT2D eigenvalue weighted by Crippen LogP contribution is 2.22. The fraction of sp³-hybridized carbons (Fsp3) is 0.500. The summed E-state index contributed by atoms with van der Waals surface area (Å²) >= 11 is 6.03. The third-order valence-corrected chi connectivity index (χ3v) is 2.49. The molecule has 1 unspecified atom stereocenters. The Hall–Kier alpha value is -0.770. The summed E-state index contributed by atoms with van der Waals surface area (Å²) in [5.74, 6) is 0.745. The van der Waals surface area contributed by atoms with E-state index in [0.29, 0.717) is 24.8 Å². The first-order chi connectivity index (χ1) is 7.67. The molecule has 1 aromatic rings. The predicted octanol–water partition coefficient (Wildman–Crippen LogP) is 2.60. The van der Waals surface area contributed by atoms with Crippen LogP contribution in [0.5, 0.6) is 5.75 Å². The smallest absolute Gasteiger partial charge is 0.121 e. The second-order valence-electron chi connectivity index (χ2n) is 3.55. The monoisotopic (exact) mass is 243 g/mol. The summed E-state index contributed by atoms with van der Waals surface area (Å²) in [6.07, 6.45) is 0.0137. The molecule has 90 valence electrons. The normalized spacial score (nSPS) is 12.5. The third-order valence-electron chi connectivity index (χ3n) is 2.14. The van der Waals surface area contributed by atoms with Crippen molar-refractivity contribution in [2.24, 2.45) is 5.73 Å². The summed E-state index contributed by atoms with van der Waals surface area (Å²) in [6, 6.07) is 5.54. The van der Waals surface area contributed by atoms with E-state index in [1.165, 1.54) is 0 Å². The second-order valence-corrected chi connectivity index (χ2v) is 3.95. The molecule has 0 fully saturated rings. The molecule has 1 atom stereocenters. The van der Waals surface area contributed by atoms with E-state index in [2.05, 4.69) is 0 Å². The zero-order valence-corrected chi connectivity index (χ0v) is 10.5. The van der Waals surface area contributed by atoms with Crippen LogP contribution in [0.4, 0.5) is 0 Å². The van der Waals surface area contributed by atoms with Gasteiger partial charge in [-0.3, -0.25) is 0 Å². The maximum absolute atomic E-state index is 6.03. The Morgan fingerprint density at radius 1 is 1.44 bits per heavy atom. The van der Waals surface area contributed by atoms with Crippen LogP contribution in [-0.2, 0) is 11.3 Å². The topological polar surface area (TPSA) is 44.5 Å². The van der Waals surface area contributed by atoms with E-state index in [1.54, 1.807) is 6.07 Å². The Morgan fingerprint density at radius 3 is 2.75 bits per heavy atom. The molecular weight excluding hydrogens is 226 g/mol. The van der Waals surface area contributed by atoms with Crippen LogP contribution in [0.25, 0.3) is 0 Å². The van der Waals surface area contributed by atoms with Crippen molar-refractivity contribution in [2.45, 2.75) is 26.5 Å². The summed E-state index contributed by atoms with van der Waals surface area (Å²) in [4.78, 5) is 0. The van der Waals surface area contributed by atoms with Gasteiger partial charge in [-0.1, -0.05) is 17.7 Å². The van der Waals surface area contributed by atoms with Crippen LogP contribution >= 0.6 is 11.6 Å². The van der Waals surface area contributed by atoms with Crippen LogP contribution < -0.4 is 10.5 Å². The molecule has 2 N–H and O–H groups in total. The van der Waals surface area contributed by atoms with Crippen molar-refractivity contribution in [1.82, 2.24) is 0 Å². The molecule has 1 rings (SSSR count). The molecule has 3 nitrogen and oxygen atoms in total. The first-order valence-corrected chi connectivity index (χ1v) is 5.78. The van der Waals surface area contributed by atoms with Crippen molar-refractivity contribution >= 4 is 11.6 Å².